The Hall–Kier alpha value is -1.83. The first-order valence-corrected chi connectivity index (χ1v) is 9.42. The summed E-state index contributed by atoms with van der Waals surface area (Å²) in [6.07, 6.45) is 3.09. The molecule has 0 unspecified atom stereocenters. The minimum atomic E-state index is 0.0166. The minimum Gasteiger partial charge on any atom is -0.365 e. The number of benzene rings is 2. The summed E-state index contributed by atoms with van der Waals surface area (Å²) in [5, 5.41) is 0. The molecule has 0 fully saturated rings. The van der Waals surface area contributed by atoms with Gasteiger partial charge in [-0.2, -0.15) is 0 Å². The van der Waals surface area contributed by atoms with Crippen molar-refractivity contribution in [3.8, 4) is 11.8 Å². The Bertz CT molecular complexity index is 801. The van der Waals surface area contributed by atoms with Crippen molar-refractivity contribution in [1.82, 2.24) is 4.84 Å². The summed E-state index contributed by atoms with van der Waals surface area (Å²) in [7, 11) is 0. The molecule has 2 aromatic rings. The Morgan fingerprint density at radius 2 is 1.46 bits per heavy atom. The highest BCUT2D eigenvalue weighted by Gasteiger charge is 2.32. The highest BCUT2D eigenvalue weighted by atomic mass is 35.5. The van der Waals surface area contributed by atoms with E-state index in [2.05, 4.69) is 53.1 Å². The summed E-state index contributed by atoms with van der Waals surface area (Å²) in [6, 6.07) is 16.8. The number of fused-ring (bicyclic) bond motifs is 2. The molecule has 2 atom stereocenters. The van der Waals surface area contributed by atoms with Crippen molar-refractivity contribution in [2.75, 3.05) is 13.2 Å². The first-order valence-electron chi connectivity index (χ1n) is 9.05. The summed E-state index contributed by atoms with van der Waals surface area (Å²) in [4.78, 5) is 2.84. The van der Waals surface area contributed by atoms with Gasteiger partial charge in [-0.05, 0) is 46.9 Å². The van der Waals surface area contributed by atoms with Gasteiger partial charge in [-0.25, -0.2) is 4.84 Å². The molecule has 0 saturated carbocycles. The van der Waals surface area contributed by atoms with Gasteiger partial charge in [-0.15, -0.1) is 0 Å². The number of hydrogen-bond donors (Lipinski definition) is 1. The van der Waals surface area contributed by atoms with E-state index in [1.165, 1.54) is 22.3 Å². The number of nitrogens with one attached hydrogen (secondary N) is 1. The van der Waals surface area contributed by atoms with Crippen LogP contribution in [0.3, 0.4) is 0 Å². The summed E-state index contributed by atoms with van der Waals surface area (Å²) < 4.78 is 11.8. The molecule has 26 heavy (non-hydrogen) atoms. The zero-order valence-electron chi connectivity index (χ0n) is 14.6. The first kappa shape index (κ1) is 17.6. The van der Waals surface area contributed by atoms with E-state index in [1.807, 2.05) is 12.1 Å². The summed E-state index contributed by atoms with van der Waals surface area (Å²) in [5.41, 5.74) is 5.29. The average molecular weight is 368 g/mol. The number of hydrogen-bond acceptors (Lipinski definition) is 3. The summed E-state index contributed by atoms with van der Waals surface area (Å²) in [5.74, 6) is 6.13. The number of halogens is 1. The van der Waals surface area contributed by atoms with E-state index < -0.39 is 0 Å². The topological polar surface area (TPSA) is 30.5 Å². The molecule has 0 bridgehead atoms. The second-order valence-corrected chi connectivity index (χ2v) is 7.02. The van der Waals surface area contributed by atoms with Gasteiger partial charge < -0.3 is 9.47 Å². The predicted octanol–water partition coefficient (Wildman–Crippen LogP) is 3.60. The van der Waals surface area contributed by atoms with Gasteiger partial charge in [0.15, 0.2) is 0 Å². The van der Waals surface area contributed by atoms with E-state index in [4.69, 9.17) is 21.3 Å². The van der Waals surface area contributed by atoms with Gasteiger partial charge in [0.2, 0.25) is 0 Å². The molecule has 0 spiro atoms. The van der Waals surface area contributed by atoms with Crippen LogP contribution in [0.25, 0.3) is 0 Å². The van der Waals surface area contributed by atoms with Crippen LogP contribution in [0.1, 0.15) is 28.3 Å². The van der Waals surface area contributed by atoms with Crippen LogP contribution >= 0.6 is 11.8 Å². The largest absolute Gasteiger partial charge is 0.365 e. The molecule has 2 aliphatic carbocycles. The van der Waals surface area contributed by atoms with Crippen LogP contribution in [0.2, 0.25) is 0 Å². The molecule has 2 aromatic carbocycles. The molecule has 0 aromatic heterocycles. The third-order valence-corrected chi connectivity index (χ3v) is 5.44. The fourth-order valence-corrected chi connectivity index (χ4v) is 4.15. The second kappa shape index (κ2) is 8.24. The molecule has 4 heteroatoms. The maximum atomic E-state index is 5.94. The molecule has 0 saturated heterocycles. The van der Waals surface area contributed by atoms with Crippen LogP contribution in [0, 0.1) is 11.8 Å². The summed E-state index contributed by atoms with van der Waals surface area (Å²) >= 11 is 5.92. The van der Waals surface area contributed by atoms with Gasteiger partial charge in [0.25, 0.3) is 0 Å². The maximum absolute atomic E-state index is 5.94. The van der Waals surface area contributed by atoms with Gasteiger partial charge in [0.05, 0.1) is 18.2 Å². The lowest BCUT2D eigenvalue weighted by atomic mass is 10.1. The molecule has 2 aliphatic rings. The standard InChI is InChI=1S/C22H22ClNO2/c23-24-22-20-10-4-3-9-18(20)15-21(22)26-12-6-5-11-25-19-13-16-7-1-2-8-17(16)14-19/h1-4,7-10,19,21-22,24H,11-15H2/t21-,22+/m1/s1. The first-order chi connectivity index (χ1) is 12.8. The van der Waals surface area contributed by atoms with Crippen LogP contribution in [0.15, 0.2) is 48.5 Å². The number of ether oxygens (including phenoxy) is 2. The molecule has 1 N–H and O–H groups in total. The van der Waals surface area contributed by atoms with E-state index in [0.717, 1.165) is 19.3 Å². The molecule has 0 radical (unpaired) electrons. The van der Waals surface area contributed by atoms with E-state index in [9.17, 15) is 0 Å². The molecule has 134 valence electrons. The molecule has 0 heterocycles. The van der Waals surface area contributed by atoms with Crippen LogP contribution in [0.4, 0.5) is 0 Å². The molecular formula is C22H22ClNO2. The molecule has 3 nitrogen and oxygen atoms in total. The van der Waals surface area contributed by atoms with E-state index >= 15 is 0 Å². The molecule has 0 aliphatic heterocycles. The van der Waals surface area contributed by atoms with Crippen LogP contribution in [-0.2, 0) is 28.7 Å². The fourth-order valence-electron chi connectivity index (χ4n) is 3.89. The average Bonchev–Trinajstić information content (AvgIpc) is 3.24. The lowest BCUT2D eigenvalue weighted by Crippen LogP contribution is -2.25. The van der Waals surface area contributed by atoms with Crippen molar-refractivity contribution < 1.29 is 9.47 Å². The third-order valence-electron chi connectivity index (χ3n) is 5.20. The predicted molar refractivity (Wildman–Crippen MR) is 103 cm³/mol. The van der Waals surface area contributed by atoms with Crippen molar-refractivity contribution in [1.29, 1.82) is 0 Å². The smallest absolute Gasteiger partial charge is 0.108 e. The number of rotatable bonds is 5. The van der Waals surface area contributed by atoms with Crippen LogP contribution < -0.4 is 4.84 Å². The second-order valence-electron chi connectivity index (χ2n) is 6.80. The van der Waals surface area contributed by atoms with Gasteiger partial charge in [0.1, 0.15) is 13.2 Å². The Balaban J connectivity index is 1.21. The van der Waals surface area contributed by atoms with E-state index in [1.54, 1.807) is 0 Å². The molecular weight excluding hydrogens is 346 g/mol. The van der Waals surface area contributed by atoms with Crippen molar-refractivity contribution in [2.45, 2.75) is 37.5 Å². The summed E-state index contributed by atoms with van der Waals surface area (Å²) in [6.45, 7) is 0.839. The van der Waals surface area contributed by atoms with Crippen molar-refractivity contribution in [3.05, 3.63) is 70.8 Å². The van der Waals surface area contributed by atoms with Crippen molar-refractivity contribution in [2.24, 2.45) is 0 Å². The molecule has 4 rings (SSSR count). The van der Waals surface area contributed by atoms with Crippen molar-refractivity contribution in [3.63, 3.8) is 0 Å². The lowest BCUT2D eigenvalue weighted by Gasteiger charge is -2.17. The SMILES string of the molecule is ClN[C@H]1c2ccccc2C[C@H]1OCC#CCOC1Cc2ccccc2C1. The highest BCUT2D eigenvalue weighted by Crippen LogP contribution is 2.33. The van der Waals surface area contributed by atoms with E-state index in [0.29, 0.717) is 13.2 Å². The third kappa shape index (κ3) is 3.79. The van der Waals surface area contributed by atoms with Gasteiger partial charge in [0, 0.05) is 6.42 Å². The fraction of sp³-hybridized carbons (Fsp3) is 0.364. The Morgan fingerprint density at radius 3 is 2.15 bits per heavy atom. The Morgan fingerprint density at radius 1 is 0.846 bits per heavy atom. The monoisotopic (exact) mass is 367 g/mol. The molecule has 0 amide bonds. The van der Waals surface area contributed by atoms with Crippen LogP contribution in [-0.4, -0.2) is 25.4 Å². The maximum Gasteiger partial charge on any atom is 0.108 e. The van der Waals surface area contributed by atoms with Gasteiger partial charge in [-0.1, -0.05) is 60.4 Å². The van der Waals surface area contributed by atoms with Crippen molar-refractivity contribution >= 4 is 11.8 Å². The Labute approximate surface area is 159 Å². The lowest BCUT2D eigenvalue weighted by molar-refractivity contribution is 0.0624. The van der Waals surface area contributed by atoms with Crippen LogP contribution in [0.5, 0.6) is 0 Å². The van der Waals surface area contributed by atoms with Gasteiger partial charge in [-0.3, -0.25) is 0 Å². The van der Waals surface area contributed by atoms with Gasteiger partial charge >= 0.3 is 0 Å². The normalized spacial score (nSPS) is 21.1. The highest BCUT2D eigenvalue weighted by molar-refractivity contribution is 6.13. The van der Waals surface area contributed by atoms with E-state index in [-0.39, 0.29) is 18.2 Å². The zero-order chi connectivity index (χ0) is 17.8. The zero-order valence-corrected chi connectivity index (χ0v) is 15.3. The quantitative estimate of drug-likeness (QED) is 0.647. The Kier molecular flexibility index (Phi) is 5.57. The minimum absolute atomic E-state index is 0.0166.